The molecule has 0 aromatic heterocycles. The average molecular weight is 354 g/mol. The molecule has 1 fully saturated rings. The molecule has 1 aromatic carbocycles. The van der Waals surface area contributed by atoms with Crippen LogP contribution in [0.25, 0.3) is 0 Å². The van der Waals surface area contributed by atoms with Gasteiger partial charge in [0.25, 0.3) is 5.91 Å². The highest BCUT2D eigenvalue weighted by Crippen LogP contribution is 2.25. The summed E-state index contributed by atoms with van der Waals surface area (Å²) in [5.74, 6) is -0.268. The summed E-state index contributed by atoms with van der Waals surface area (Å²) in [5.41, 5.74) is 0.330. The van der Waals surface area contributed by atoms with Gasteiger partial charge >= 0.3 is 0 Å². The topological polar surface area (TPSA) is 77.9 Å². The van der Waals surface area contributed by atoms with E-state index in [9.17, 15) is 13.2 Å². The summed E-state index contributed by atoms with van der Waals surface area (Å²) >= 11 is 0. The number of aliphatic hydroxyl groups excluding tert-OH is 1. The minimum Gasteiger partial charge on any atom is -0.395 e. The molecule has 1 unspecified atom stereocenters. The van der Waals surface area contributed by atoms with Crippen molar-refractivity contribution in [3.63, 3.8) is 0 Å². The predicted molar refractivity (Wildman–Crippen MR) is 92.3 cm³/mol. The van der Waals surface area contributed by atoms with E-state index in [1.165, 1.54) is 21.3 Å². The van der Waals surface area contributed by atoms with E-state index in [0.717, 1.165) is 19.3 Å². The third-order valence-corrected chi connectivity index (χ3v) is 6.48. The summed E-state index contributed by atoms with van der Waals surface area (Å²) in [4.78, 5) is 14.1. The molecule has 1 heterocycles. The van der Waals surface area contributed by atoms with Crippen molar-refractivity contribution in [3.05, 3.63) is 29.8 Å². The Hall–Kier alpha value is -1.44. The van der Waals surface area contributed by atoms with Crippen molar-refractivity contribution in [2.75, 3.05) is 26.2 Å². The first-order chi connectivity index (χ1) is 11.4. The lowest BCUT2D eigenvalue weighted by molar-refractivity contribution is 0.0731. The lowest BCUT2D eigenvalue weighted by Gasteiger charge is -2.32. The molecule has 0 aliphatic carbocycles. The third kappa shape index (κ3) is 3.96. The van der Waals surface area contributed by atoms with Crippen molar-refractivity contribution in [1.29, 1.82) is 0 Å². The monoisotopic (exact) mass is 354 g/mol. The molecule has 2 rings (SSSR count). The maximum atomic E-state index is 12.9. The fourth-order valence-corrected chi connectivity index (χ4v) is 4.81. The molecule has 0 radical (unpaired) electrons. The maximum Gasteiger partial charge on any atom is 0.253 e. The minimum atomic E-state index is -3.60. The van der Waals surface area contributed by atoms with Crippen molar-refractivity contribution in [1.82, 2.24) is 9.21 Å². The zero-order valence-electron chi connectivity index (χ0n) is 14.3. The van der Waals surface area contributed by atoms with Gasteiger partial charge in [-0.3, -0.25) is 4.79 Å². The fraction of sp³-hybridized carbons (Fsp3) is 0.588. The summed E-state index contributed by atoms with van der Waals surface area (Å²) in [6.07, 6.45) is 2.76. The number of carbonyl (C=O) groups excluding carboxylic acids is 1. The molecule has 1 aliphatic rings. The molecule has 1 amide bonds. The van der Waals surface area contributed by atoms with E-state index in [-0.39, 0.29) is 30.0 Å². The molecule has 6 nitrogen and oxygen atoms in total. The molecule has 1 aromatic rings. The number of hydrogen-bond acceptors (Lipinski definition) is 4. The largest absolute Gasteiger partial charge is 0.395 e. The molecular weight excluding hydrogens is 328 g/mol. The zero-order valence-corrected chi connectivity index (χ0v) is 15.1. The van der Waals surface area contributed by atoms with Crippen molar-refractivity contribution in [3.8, 4) is 0 Å². The Morgan fingerprint density at radius 2 is 2.12 bits per heavy atom. The Labute approximate surface area is 144 Å². The molecule has 0 saturated carbocycles. The van der Waals surface area contributed by atoms with Gasteiger partial charge in [-0.05, 0) is 44.9 Å². The molecular formula is C17H26N2O4S. The molecule has 1 atom stereocenters. The number of sulfonamides is 1. The second kappa shape index (κ2) is 8.09. The first-order valence-electron chi connectivity index (χ1n) is 8.43. The van der Waals surface area contributed by atoms with Crippen LogP contribution in [-0.4, -0.2) is 60.9 Å². The van der Waals surface area contributed by atoms with Gasteiger partial charge in [-0.1, -0.05) is 12.5 Å². The zero-order chi connectivity index (χ0) is 17.7. The Morgan fingerprint density at radius 3 is 2.75 bits per heavy atom. The van der Waals surface area contributed by atoms with E-state index in [2.05, 4.69) is 0 Å². The van der Waals surface area contributed by atoms with Crippen molar-refractivity contribution < 1.29 is 18.3 Å². The van der Waals surface area contributed by atoms with E-state index >= 15 is 0 Å². The van der Waals surface area contributed by atoms with Gasteiger partial charge in [0.15, 0.2) is 0 Å². The Balaban J connectivity index is 2.30. The van der Waals surface area contributed by atoms with E-state index < -0.39 is 10.0 Å². The molecule has 7 heteroatoms. The molecule has 134 valence electrons. The van der Waals surface area contributed by atoms with Gasteiger partial charge in [-0.25, -0.2) is 8.42 Å². The van der Waals surface area contributed by atoms with Crippen LogP contribution in [-0.2, 0) is 10.0 Å². The van der Waals surface area contributed by atoms with Crippen LogP contribution in [0.1, 0.15) is 43.5 Å². The number of carbonyl (C=O) groups is 1. The SMILES string of the molecule is CCN(CCO)C(=O)c1cccc(S(=O)(=O)N2CCCCC2C)c1. The summed E-state index contributed by atoms with van der Waals surface area (Å²) in [6, 6.07) is 6.17. The highest BCUT2D eigenvalue weighted by Gasteiger charge is 2.31. The van der Waals surface area contributed by atoms with Crippen LogP contribution < -0.4 is 0 Å². The number of likely N-dealkylation sites (N-methyl/N-ethyl adjacent to an activating group) is 1. The number of rotatable bonds is 6. The highest BCUT2D eigenvalue weighted by atomic mass is 32.2. The van der Waals surface area contributed by atoms with Gasteiger partial charge in [0.1, 0.15) is 0 Å². The summed E-state index contributed by atoms with van der Waals surface area (Å²) in [5, 5.41) is 9.05. The Bertz CT molecular complexity index is 675. The minimum absolute atomic E-state index is 0.0235. The lowest BCUT2D eigenvalue weighted by Crippen LogP contribution is -2.42. The standard InChI is InChI=1S/C17H26N2O4S/c1-3-18(11-12-20)17(21)15-8-6-9-16(13-15)24(22,23)19-10-5-4-7-14(19)2/h6,8-9,13-14,20H,3-5,7,10-12H2,1-2H3. The summed E-state index contributed by atoms with van der Waals surface area (Å²) in [7, 11) is -3.60. The van der Waals surface area contributed by atoms with Gasteiger partial charge in [-0.2, -0.15) is 4.31 Å². The van der Waals surface area contributed by atoms with Gasteiger partial charge in [0.2, 0.25) is 10.0 Å². The highest BCUT2D eigenvalue weighted by molar-refractivity contribution is 7.89. The molecule has 1 N–H and O–H groups in total. The number of benzene rings is 1. The predicted octanol–water partition coefficient (Wildman–Crippen LogP) is 1.70. The van der Waals surface area contributed by atoms with Crippen LogP contribution in [0.5, 0.6) is 0 Å². The second-order valence-corrected chi connectivity index (χ2v) is 7.99. The smallest absolute Gasteiger partial charge is 0.253 e. The van der Waals surface area contributed by atoms with Crippen LogP contribution >= 0.6 is 0 Å². The molecule has 1 saturated heterocycles. The first kappa shape index (κ1) is 18.9. The number of piperidine rings is 1. The molecule has 0 spiro atoms. The Morgan fingerprint density at radius 1 is 1.38 bits per heavy atom. The van der Waals surface area contributed by atoms with Crippen LogP contribution in [0.2, 0.25) is 0 Å². The van der Waals surface area contributed by atoms with Crippen LogP contribution in [0.4, 0.5) is 0 Å². The van der Waals surface area contributed by atoms with E-state index in [4.69, 9.17) is 5.11 Å². The summed E-state index contributed by atoms with van der Waals surface area (Å²) in [6.45, 7) is 4.83. The van der Waals surface area contributed by atoms with Crippen molar-refractivity contribution >= 4 is 15.9 Å². The first-order valence-corrected chi connectivity index (χ1v) is 9.88. The third-order valence-electron chi connectivity index (χ3n) is 4.47. The number of amides is 1. The van der Waals surface area contributed by atoms with E-state index in [1.807, 2.05) is 13.8 Å². The Kier molecular flexibility index (Phi) is 6.37. The fourth-order valence-electron chi connectivity index (χ4n) is 3.06. The second-order valence-electron chi connectivity index (χ2n) is 6.10. The molecule has 24 heavy (non-hydrogen) atoms. The van der Waals surface area contributed by atoms with Crippen molar-refractivity contribution in [2.24, 2.45) is 0 Å². The molecule has 0 bridgehead atoms. The van der Waals surface area contributed by atoms with Gasteiger partial charge < -0.3 is 10.0 Å². The van der Waals surface area contributed by atoms with Crippen LogP contribution in [0.15, 0.2) is 29.2 Å². The number of aliphatic hydroxyl groups is 1. The van der Waals surface area contributed by atoms with Crippen LogP contribution in [0, 0.1) is 0 Å². The van der Waals surface area contributed by atoms with Gasteiger partial charge in [-0.15, -0.1) is 0 Å². The number of hydrogen-bond donors (Lipinski definition) is 1. The summed E-state index contributed by atoms with van der Waals surface area (Å²) < 4.78 is 27.3. The van der Waals surface area contributed by atoms with E-state index in [1.54, 1.807) is 12.1 Å². The lowest BCUT2D eigenvalue weighted by atomic mass is 10.1. The quantitative estimate of drug-likeness (QED) is 0.843. The van der Waals surface area contributed by atoms with E-state index in [0.29, 0.717) is 18.7 Å². The number of nitrogens with zero attached hydrogens (tertiary/aromatic N) is 2. The van der Waals surface area contributed by atoms with Gasteiger partial charge in [0.05, 0.1) is 11.5 Å². The normalized spacial score (nSPS) is 19.2. The van der Waals surface area contributed by atoms with Gasteiger partial charge in [0, 0.05) is 31.2 Å². The molecule has 1 aliphatic heterocycles. The maximum absolute atomic E-state index is 12.9. The average Bonchev–Trinajstić information content (AvgIpc) is 2.59. The van der Waals surface area contributed by atoms with Crippen molar-refractivity contribution in [2.45, 2.75) is 44.0 Å². The van der Waals surface area contributed by atoms with Crippen LogP contribution in [0.3, 0.4) is 0 Å².